The molecule has 0 amide bonds. The molecule has 0 aliphatic heterocycles. The van der Waals surface area contributed by atoms with Crippen molar-refractivity contribution in [1.82, 2.24) is 24.7 Å². The van der Waals surface area contributed by atoms with Crippen LogP contribution in [0.3, 0.4) is 0 Å². The van der Waals surface area contributed by atoms with Crippen molar-refractivity contribution in [3.05, 3.63) is 53.2 Å². The van der Waals surface area contributed by atoms with Gasteiger partial charge in [0, 0.05) is 29.9 Å². The first kappa shape index (κ1) is 19.1. The molecule has 27 heavy (non-hydrogen) atoms. The van der Waals surface area contributed by atoms with Crippen LogP contribution in [-0.4, -0.2) is 28.7 Å². The smallest absolute Gasteiger partial charge is 0.232 e. The molecule has 0 fully saturated rings. The van der Waals surface area contributed by atoms with E-state index in [0.29, 0.717) is 34.4 Å². The Bertz CT molecular complexity index is 982. The van der Waals surface area contributed by atoms with Gasteiger partial charge in [0.25, 0.3) is 0 Å². The minimum Gasteiger partial charge on any atom is -0.384 e. The summed E-state index contributed by atoms with van der Waals surface area (Å²) >= 11 is 3.89. The molecule has 0 spiro atoms. The monoisotopic (exact) mass is 405 g/mol. The Hall–Kier alpha value is -2.66. The molecule has 3 aromatic rings. The minimum absolute atomic E-state index is 0.0845. The van der Waals surface area contributed by atoms with E-state index in [1.54, 1.807) is 37.5 Å². The minimum atomic E-state index is -2.15. The van der Waals surface area contributed by atoms with Crippen LogP contribution < -0.4 is 15.8 Å². The van der Waals surface area contributed by atoms with Gasteiger partial charge in [0.2, 0.25) is 11.3 Å². The van der Waals surface area contributed by atoms with Crippen molar-refractivity contribution >= 4 is 40.2 Å². The summed E-state index contributed by atoms with van der Waals surface area (Å²) in [6, 6.07) is 7.03. The molecule has 0 saturated carbocycles. The second-order valence-corrected chi connectivity index (χ2v) is 6.64. The highest BCUT2D eigenvalue weighted by Gasteiger charge is 2.11. The van der Waals surface area contributed by atoms with Gasteiger partial charge < -0.3 is 11.1 Å². The molecular formula is C16H16ClN7O2S. The number of aromatic nitrogens is 4. The molecular weight excluding hydrogens is 390 g/mol. The van der Waals surface area contributed by atoms with E-state index >= 15 is 0 Å². The van der Waals surface area contributed by atoms with Crippen molar-refractivity contribution in [2.75, 3.05) is 11.1 Å². The topological polar surface area (TPSA) is 139 Å². The fourth-order valence-electron chi connectivity index (χ4n) is 2.40. The average Bonchev–Trinajstić information content (AvgIpc) is 2.61. The van der Waals surface area contributed by atoms with E-state index in [4.69, 9.17) is 21.9 Å². The van der Waals surface area contributed by atoms with Crippen molar-refractivity contribution in [1.29, 1.82) is 0 Å². The summed E-state index contributed by atoms with van der Waals surface area (Å²) in [7, 11) is 0. The maximum absolute atomic E-state index is 10.8. The van der Waals surface area contributed by atoms with Gasteiger partial charge in [-0.3, -0.25) is 4.55 Å². The van der Waals surface area contributed by atoms with Gasteiger partial charge in [-0.2, -0.15) is 0 Å². The number of halogens is 1. The summed E-state index contributed by atoms with van der Waals surface area (Å²) in [5.41, 5.74) is 8.36. The van der Waals surface area contributed by atoms with E-state index in [1.165, 1.54) is 0 Å². The molecule has 3 heterocycles. The van der Waals surface area contributed by atoms with E-state index in [1.807, 2.05) is 6.07 Å². The highest BCUT2D eigenvalue weighted by molar-refractivity contribution is 7.77. The lowest BCUT2D eigenvalue weighted by molar-refractivity contribution is 0.548. The van der Waals surface area contributed by atoms with E-state index < -0.39 is 11.3 Å². The summed E-state index contributed by atoms with van der Waals surface area (Å²) in [4.78, 5) is 16.9. The maximum atomic E-state index is 10.8. The van der Waals surface area contributed by atoms with Gasteiger partial charge in [0.15, 0.2) is 0 Å². The largest absolute Gasteiger partial charge is 0.384 e. The van der Waals surface area contributed by atoms with Gasteiger partial charge in [0.1, 0.15) is 22.6 Å². The number of nitrogens with zero attached hydrogens (tertiary/aromatic N) is 4. The first-order valence-electron chi connectivity index (χ1n) is 7.74. The molecule has 1 atom stereocenters. The van der Waals surface area contributed by atoms with Crippen molar-refractivity contribution in [3.63, 3.8) is 0 Å². The highest BCUT2D eigenvalue weighted by Crippen LogP contribution is 2.28. The van der Waals surface area contributed by atoms with Gasteiger partial charge >= 0.3 is 0 Å². The fourth-order valence-corrected chi connectivity index (χ4v) is 2.85. The zero-order valence-corrected chi connectivity index (χ0v) is 15.8. The Labute approximate surface area is 162 Å². The van der Waals surface area contributed by atoms with Crippen LogP contribution in [0.4, 0.5) is 17.3 Å². The first-order chi connectivity index (χ1) is 12.9. The molecule has 3 aromatic heterocycles. The summed E-state index contributed by atoms with van der Waals surface area (Å²) in [6.07, 6.45) is 3.18. The zero-order valence-electron chi connectivity index (χ0n) is 14.2. The van der Waals surface area contributed by atoms with Crippen LogP contribution in [-0.2, 0) is 17.8 Å². The Kier molecular flexibility index (Phi) is 5.91. The van der Waals surface area contributed by atoms with Crippen LogP contribution in [0.15, 0.2) is 36.7 Å². The van der Waals surface area contributed by atoms with Crippen LogP contribution in [0.25, 0.3) is 11.3 Å². The molecule has 9 nitrogen and oxygen atoms in total. The first-order valence-corrected chi connectivity index (χ1v) is 9.23. The van der Waals surface area contributed by atoms with E-state index in [-0.39, 0.29) is 11.7 Å². The van der Waals surface area contributed by atoms with Crippen molar-refractivity contribution in [3.8, 4) is 11.3 Å². The van der Waals surface area contributed by atoms with Crippen LogP contribution in [0.5, 0.6) is 0 Å². The number of nitrogens with two attached hydrogens (primary N) is 1. The van der Waals surface area contributed by atoms with Crippen molar-refractivity contribution in [2.45, 2.75) is 13.5 Å². The van der Waals surface area contributed by atoms with Crippen molar-refractivity contribution in [2.24, 2.45) is 0 Å². The number of anilines is 3. The molecule has 0 saturated heterocycles. The molecule has 0 aliphatic rings. The fraction of sp³-hybridized carbons (Fsp3) is 0.125. The Morgan fingerprint density at radius 2 is 2.11 bits per heavy atom. The second-order valence-electron chi connectivity index (χ2n) is 5.49. The Balaban J connectivity index is 1.93. The lowest BCUT2D eigenvalue weighted by Crippen LogP contribution is -2.16. The Morgan fingerprint density at radius 3 is 2.85 bits per heavy atom. The highest BCUT2D eigenvalue weighted by atomic mass is 35.5. The molecule has 140 valence electrons. The van der Waals surface area contributed by atoms with Gasteiger partial charge in [-0.15, -0.1) is 0 Å². The average molecular weight is 406 g/mol. The van der Waals surface area contributed by atoms with Crippen molar-refractivity contribution < 1.29 is 8.76 Å². The number of hydrogen-bond donors (Lipinski definition) is 4. The van der Waals surface area contributed by atoms with E-state index in [9.17, 15) is 4.21 Å². The predicted molar refractivity (Wildman–Crippen MR) is 105 cm³/mol. The maximum Gasteiger partial charge on any atom is 0.232 e. The lowest BCUT2D eigenvalue weighted by atomic mass is 10.1. The third-order valence-electron chi connectivity index (χ3n) is 3.50. The number of rotatable bonds is 6. The molecule has 5 N–H and O–H groups in total. The van der Waals surface area contributed by atoms with Crippen LogP contribution in [0.1, 0.15) is 11.4 Å². The quantitative estimate of drug-likeness (QED) is 0.362. The molecule has 0 radical (unpaired) electrons. The lowest BCUT2D eigenvalue weighted by Gasteiger charge is -2.12. The van der Waals surface area contributed by atoms with Gasteiger partial charge in [0.05, 0.1) is 17.6 Å². The number of aryl methyl sites for hydroxylation is 1. The SMILES string of the molecule is Cc1nc(N)cc(-c2cccnc2Nc2cnc(Cl)c(CNS(=O)O)c2)n1. The van der Waals surface area contributed by atoms with E-state index in [2.05, 4.69) is 30.0 Å². The number of nitrogen functional groups attached to an aromatic ring is 1. The third kappa shape index (κ3) is 4.95. The molecule has 0 aromatic carbocycles. The van der Waals surface area contributed by atoms with Crippen LogP contribution >= 0.6 is 11.6 Å². The summed E-state index contributed by atoms with van der Waals surface area (Å²) in [5, 5.41) is 3.40. The van der Waals surface area contributed by atoms with Crippen LogP contribution in [0.2, 0.25) is 5.15 Å². The molecule has 11 heteroatoms. The summed E-state index contributed by atoms with van der Waals surface area (Å²) < 4.78 is 22.0. The van der Waals surface area contributed by atoms with Gasteiger partial charge in [-0.25, -0.2) is 28.9 Å². The predicted octanol–water partition coefficient (Wildman–Crippen LogP) is 2.45. The standard InChI is InChI=1S/C16H16ClN7O2S/c1-9-22-13(6-14(18)23-9)12-3-2-4-19-16(12)24-11-5-10(7-21-27(25)26)15(17)20-8-11/h2-6,8,21H,7H2,1H3,(H,19,24)(H,25,26)(H2,18,22,23). The normalized spacial score (nSPS) is 12.0. The molecule has 0 bridgehead atoms. The molecule has 3 rings (SSSR count). The zero-order chi connectivity index (χ0) is 19.4. The van der Waals surface area contributed by atoms with Gasteiger partial charge in [-0.05, 0) is 25.1 Å². The third-order valence-corrected chi connectivity index (χ3v) is 4.23. The molecule has 1 unspecified atom stereocenters. The van der Waals surface area contributed by atoms with E-state index in [0.717, 1.165) is 5.56 Å². The summed E-state index contributed by atoms with van der Waals surface area (Å²) in [5.74, 6) is 1.47. The van der Waals surface area contributed by atoms with Crippen LogP contribution in [0, 0.1) is 6.92 Å². The second kappa shape index (κ2) is 8.35. The number of pyridine rings is 2. The Morgan fingerprint density at radius 1 is 1.30 bits per heavy atom. The number of hydrogen-bond acceptors (Lipinski definition) is 7. The van der Waals surface area contributed by atoms with Gasteiger partial charge in [-0.1, -0.05) is 11.6 Å². The molecule has 0 aliphatic carbocycles. The summed E-state index contributed by atoms with van der Waals surface area (Å²) in [6.45, 7) is 1.85. The number of nitrogens with one attached hydrogen (secondary N) is 2.